The molecule has 1 saturated heterocycles. The molecule has 3 atom stereocenters. The highest BCUT2D eigenvalue weighted by Gasteiger charge is 2.41. The van der Waals surface area contributed by atoms with Gasteiger partial charge in [-0.1, -0.05) is 23.7 Å². The third kappa shape index (κ3) is 8.32. The first-order valence-electron chi connectivity index (χ1n) is 13.7. The van der Waals surface area contributed by atoms with Gasteiger partial charge in [-0.2, -0.15) is 0 Å². The van der Waals surface area contributed by atoms with Gasteiger partial charge in [0.15, 0.2) is 0 Å². The number of amides is 2. The van der Waals surface area contributed by atoms with Crippen LogP contribution >= 0.6 is 11.6 Å². The van der Waals surface area contributed by atoms with E-state index in [9.17, 15) is 15.0 Å². The fourth-order valence-corrected chi connectivity index (χ4v) is 6.21. The molecule has 1 aromatic rings. The summed E-state index contributed by atoms with van der Waals surface area (Å²) in [7, 11) is 3.61. The quantitative estimate of drug-likeness (QED) is 0.306. The van der Waals surface area contributed by atoms with Crippen LogP contribution in [0.5, 0.6) is 0 Å². The SMILES string of the molecule is CNCC(CC1CCC(O)CC1)NC(=O)N1CCCC([C@@](O)(CCCCOC)c2cccc(Cl)c2)C1. The second kappa shape index (κ2) is 14.5. The normalized spacial score (nSPS) is 25.2. The Morgan fingerprint density at radius 2 is 2.03 bits per heavy atom. The number of hydrogen-bond acceptors (Lipinski definition) is 5. The zero-order valence-electron chi connectivity index (χ0n) is 22.1. The molecule has 2 aliphatic rings. The van der Waals surface area contributed by atoms with Gasteiger partial charge in [-0.3, -0.25) is 0 Å². The number of ether oxygens (including phenoxy) is 1. The lowest BCUT2D eigenvalue weighted by Crippen LogP contribution is -2.54. The van der Waals surface area contributed by atoms with E-state index in [1.54, 1.807) is 7.11 Å². The van der Waals surface area contributed by atoms with Gasteiger partial charge in [-0.25, -0.2) is 4.79 Å². The molecular weight excluding hydrogens is 478 g/mol. The summed E-state index contributed by atoms with van der Waals surface area (Å²) in [6, 6.07) is 7.52. The molecule has 8 heteroatoms. The summed E-state index contributed by atoms with van der Waals surface area (Å²) in [4.78, 5) is 15.2. The third-order valence-corrected chi connectivity index (χ3v) is 8.31. The Morgan fingerprint density at radius 1 is 1.25 bits per heavy atom. The van der Waals surface area contributed by atoms with Crippen molar-refractivity contribution in [3.05, 3.63) is 34.9 Å². The molecule has 1 aliphatic carbocycles. The van der Waals surface area contributed by atoms with Crippen molar-refractivity contribution < 1.29 is 19.7 Å². The number of rotatable bonds is 12. The smallest absolute Gasteiger partial charge is 0.317 e. The molecule has 1 heterocycles. The Morgan fingerprint density at radius 3 is 2.72 bits per heavy atom. The van der Waals surface area contributed by atoms with E-state index in [2.05, 4.69) is 10.6 Å². The molecular formula is C28H46ClN3O4. The van der Waals surface area contributed by atoms with E-state index in [1.165, 1.54) is 0 Å². The fraction of sp³-hybridized carbons (Fsp3) is 0.750. The van der Waals surface area contributed by atoms with E-state index in [-0.39, 0.29) is 24.1 Å². The topological polar surface area (TPSA) is 94.1 Å². The van der Waals surface area contributed by atoms with Crippen molar-refractivity contribution in [3.63, 3.8) is 0 Å². The van der Waals surface area contributed by atoms with Crippen LogP contribution in [-0.2, 0) is 10.3 Å². The molecule has 1 aliphatic heterocycles. The lowest BCUT2D eigenvalue weighted by molar-refractivity contribution is -0.0564. The van der Waals surface area contributed by atoms with Crippen LogP contribution in [0, 0.1) is 11.8 Å². The van der Waals surface area contributed by atoms with E-state index in [0.717, 1.165) is 63.4 Å². The number of likely N-dealkylation sites (N-methyl/N-ethyl adjacent to an activating group) is 1. The molecule has 4 N–H and O–H groups in total. The van der Waals surface area contributed by atoms with Crippen molar-refractivity contribution in [2.45, 2.75) is 82.0 Å². The molecule has 36 heavy (non-hydrogen) atoms. The van der Waals surface area contributed by atoms with Gasteiger partial charge in [0, 0.05) is 50.3 Å². The van der Waals surface area contributed by atoms with E-state index >= 15 is 0 Å². The first-order chi connectivity index (χ1) is 17.4. The molecule has 3 rings (SSSR count). The minimum absolute atomic E-state index is 0.0453. The van der Waals surface area contributed by atoms with Crippen LogP contribution in [0.25, 0.3) is 0 Å². The number of carbonyl (C=O) groups excluding carboxylic acids is 1. The fourth-order valence-electron chi connectivity index (χ4n) is 6.02. The summed E-state index contributed by atoms with van der Waals surface area (Å²) in [5, 5.41) is 29.0. The highest BCUT2D eigenvalue weighted by Crippen LogP contribution is 2.40. The number of piperidine rings is 1. The lowest BCUT2D eigenvalue weighted by atomic mass is 9.74. The zero-order valence-corrected chi connectivity index (χ0v) is 22.8. The number of urea groups is 1. The Kier molecular flexibility index (Phi) is 11.8. The molecule has 1 aromatic carbocycles. The highest BCUT2D eigenvalue weighted by atomic mass is 35.5. The molecule has 7 nitrogen and oxygen atoms in total. The van der Waals surface area contributed by atoms with Gasteiger partial charge in [0.25, 0.3) is 0 Å². The predicted molar refractivity (Wildman–Crippen MR) is 144 cm³/mol. The van der Waals surface area contributed by atoms with E-state index < -0.39 is 5.60 Å². The molecule has 2 amide bonds. The highest BCUT2D eigenvalue weighted by molar-refractivity contribution is 6.30. The number of halogens is 1. The summed E-state index contributed by atoms with van der Waals surface area (Å²) in [6.07, 6.45) is 8.51. The molecule has 0 aromatic heterocycles. The number of likely N-dealkylation sites (tertiary alicyclic amines) is 1. The second-order valence-corrected chi connectivity index (χ2v) is 11.2. The first kappa shape index (κ1) is 29.2. The van der Waals surface area contributed by atoms with Crippen LogP contribution in [0.15, 0.2) is 24.3 Å². The molecule has 0 radical (unpaired) electrons. The summed E-state index contributed by atoms with van der Waals surface area (Å²) < 4.78 is 5.21. The number of benzene rings is 1. The number of aliphatic hydroxyl groups is 2. The maximum Gasteiger partial charge on any atom is 0.317 e. The van der Waals surface area contributed by atoms with Gasteiger partial charge >= 0.3 is 6.03 Å². The number of methoxy groups -OCH3 is 1. The average Bonchev–Trinajstić information content (AvgIpc) is 2.88. The van der Waals surface area contributed by atoms with E-state index in [4.69, 9.17) is 16.3 Å². The van der Waals surface area contributed by atoms with Crippen LogP contribution in [0.1, 0.15) is 69.8 Å². The van der Waals surface area contributed by atoms with Gasteiger partial charge < -0.3 is 30.5 Å². The minimum atomic E-state index is -1.05. The lowest BCUT2D eigenvalue weighted by Gasteiger charge is -2.43. The van der Waals surface area contributed by atoms with Gasteiger partial charge in [0.2, 0.25) is 0 Å². The Hall–Kier alpha value is -1.38. The molecule has 1 saturated carbocycles. The molecule has 204 valence electrons. The van der Waals surface area contributed by atoms with Crippen LogP contribution in [-0.4, -0.2) is 73.7 Å². The standard InChI is InChI=1S/C28H46ClN3O4/c1-30-19-25(17-21-10-12-26(33)13-11-21)31-27(34)32-15-6-8-23(20-32)28(35,14-3-4-16-36-2)22-7-5-9-24(29)18-22/h5,7,9,18,21,23,25-26,30,33,35H,3-4,6,8,10-17,19-20H2,1-2H3,(H,31,34)/t21?,23?,25?,26?,28-/m1/s1. The van der Waals surface area contributed by atoms with Crippen LogP contribution in [0.4, 0.5) is 4.79 Å². The van der Waals surface area contributed by atoms with E-state index in [0.29, 0.717) is 43.6 Å². The first-order valence-corrected chi connectivity index (χ1v) is 14.1. The molecule has 2 unspecified atom stereocenters. The predicted octanol–water partition coefficient (Wildman–Crippen LogP) is 4.30. The van der Waals surface area contributed by atoms with Crippen LogP contribution < -0.4 is 10.6 Å². The number of unbranched alkanes of at least 4 members (excludes halogenated alkanes) is 1. The van der Waals surface area contributed by atoms with Crippen molar-refractivity contribution in [2.75, 3.05) is 40.4 Å². The van der Waals surface area contributed by atoms with Crippen LogP contribution in [0.2, 0.25) is 5.02 Å². The summed E-state index contributed by atoms with van der Waals surface area (Å²) in [5.41, 5.74) is -0.225. The third-order valence-electron chi connectivity index (χ3n) is 8.08. The van der Waals surface area contributed by atoms with Crippen molar-refractivity contribution >= 4 is 17.6 Å². The van der Waals surface area contributed by atoms with Gasteiger partial charge in [-0.15, -0.1) is 0 Å². The average molecular weight is 524 g/mol. The Labute approximate surface area is 221 Å². The molecule has 0 bridgehead atoms. The maximum absolute atomic E-state index is 13.4. The number of hydrogen-bond donors (Lipinski definition) is 4. The van der Waals surface area contributed by atoms with Gasteiger partial charge in [0.05, 0.1) is 11.7 Å². The number of nitrogens with zero attached hydrogens (tertiary/aromatic N) is 1. The molecule has 0 spiro atoms. The zero-order chi connectivity index (χ0) is 26.0. The van der Waals surface area contributed by atoms with Gasteiger partial charge in [0.1, 0.15) is 0 Å². The monoisotopic (exact) mass is 523 g/mol. The Bertz CT molecular complexity index is 805. The number of carbonyl (C=O) groups is 1. The largest absolute Gasteiger partial charge is 0.393 e. The summed E-state index contributed by atoms with van der Waals surface area (Å²) in [5.74, 6) is 0.460. The van der Waals surface area contributed by atoms with Gasteiger partial charge in [-0.05, 0) is 94.9 Å². The number of nitrogens with one attached hydrogen (secondary N) is 2. The second-order valence-electron chi connectivity index (χ2n) is 10.8. The van der Waals surface area contributed by atoms with E-state index in [1.807, 2.05) is 36.2 Å². The summed E-state index contributed by atoms with van der Waals surface area (Å²) in [6.45, 7) is 2.59. The van der Waals surface area contributed by atoms with Crippen molar-refractivity contribution in [1.29, 1.82) is 0 Å². The number of aliphatic hydroxyl groups excluding tert-OH is 1. The van der Waals surface area contributed by atoms with Crippen LogP contribution in [0.3, 0.4) is 0 Å². The minimum Gasteiger partial charge on any atom is -0.393 e. The maximum atomic E-state index is 13.4. The van der Waals surface area contributed by atoms with Crippen molar-refractivity contribution in [2.24, 2.45) is 11.8 Å². The summed E-state index contributed by atoms with van der Waals surface area (Å²) >= 11 is 6.30. The van der Waals surface area contributed by atoms with Crippen molar-refractivity contribution in [3.8, 4) is 0 Å². The molecule has 2 fully saturated rings. The van der Waals surface area contributed by atoms with Crippen molar-refractivity contribution in [1.82, 2.24) is 15.5 Å². The Balaban J connectivity index is 1.66.